The van der Waals surface area contributed by atoms with E-state index < -0.39 is 16.8 Å². The number of likely N-dealkylation sites (N-methyl/N-ethyl adjacent to an activating group) is 3. The maximum atomic E-state index is 13.5. The maximum absolute atomic E-state index is 13.5. The zero-order valence-electron chi connectivity index (χ0n) is 48.0. The second-order valence-corrected chi connectivity index (χ2v) is 22.5. The molecule has 1 aliphatic carbocycles. The van der Waals surface area contributed by atoms with Crippen LogP contribution in [-0.2, 0) is 26.5 Å². The van der Waals surface area contributed by atoms with Crippen LogP contribution in [0.5, 0.6) is 0 Å². The van der Waals surface area contributed by atoms with Crippen LogP contribution in [0.1, 0.15) is 111 Å². The highest BCUT2D eigenvalue weighted by molar-refractivity contribution is 6.10. The normalized spacial score (nSPS) is 20.8. The Morgan fingerprint density at radius 1 is 0.714 bits per heavy atom. The van der Waals surface area contributed by atoms with E-state index in [1.807, 2.05) is 55.4 Å². The second-order valence-electron chi connectivity index (χ2n) is 22.5. The average molecular weight is 1150 g/mol. The molecule has 12 nitrogen and oxygen atoms in total. The number of aliphatic imine (C=N–C) groups is 1. The number of nitriles is 1. The van der Waals surface area contributed by atoms with Crippen LogP contribution >= 0.6 is 0 Å². The minimum Gasteiger partial charge on any atom is -1.00 e. The van der Waals surface area contributed by atoms with Crippen LogP contribution < -0.4 is 59.8 Å². The van der Waals surface area contributed by atoms with Crippen molar-refractivity contribution in [3.05, 3.63) is 191 Å². The predicted molar refractivity (Wildman–Crippen MR) is 311 cm³/mol. The van der Waals surface area contributed by atoms with E-state index in [0.717, 1.165) is 34.0 Å². The first-order valence-corrected chi connectivity index (χ1v) is 26.5. The summed E-state index contributed by atoms with van der Waals surface area (Å²) in [5.74, 6) is -0.401. The topological polar surface area (TPSA) is 140 Å². The zero-order chi connectivity index (χ0) is 55.8. The van der Waals surface area contributed by atoms with Gasteiger partial charge in [-0.2, -0.15) is 11.3 Å². The summed E-state index contributed by atoms with van der Waals surface area (Å²) in [6, 6.07) is 35.0. The largest absolute Gasteiger partial charge is 1.00 e. The number of hydrogen-bond donors (Lipinski definition) is 3. The molecular weight excluding hydrogens is 1070 g/mol. The molecule has 5 aliphatic rings. The van der Waals surface area contributed by atoms with Crippen molar-refractivity contribution in [1.29, 1.82) is 5.26 Å². The number of nitrogens with zero attached hydrogens (tertiary/aromatic N) is 6. The molecule has 0 saturated carbocycles. The molecule has 2 unspecified atom stereocenters. The molecule has 0 bridgehead atoms. The molecule has 10 rings (SSSR count). The third-order valence-corrected chi connectivity index (χ3v) is 17.1. The molecule has 5 aromatic rings. The molecule has 0 saturated heterocycles. The predicted octanol–water partition coefficient (Wildman–Crippen LogP) is 5.92. The number of halogens is 1. The van der Waals surface area contributed by atoms with E-state index in [1.54, 1.807) is 17.0 Å². The minimum atomic E-state index is -0.690. The van der Waals surface area contributed by atoms with Crippen LogP contribution in [-0.4, -0.2) is 69.9 Å². The number of allylic oxidation sites excluding steroid dienone is 6. The first-order valence-electron chi connectivity index (χ1n) is 26.5. The van der Waals surface area contributed by atoms with Crippen LogP contribution in [0.2, 0.25) is 0 Å². The number of carbonyl (C=O) groups excluding carboxylic acids is 1. The fourth-order valence-corrected chi connectivity index (χ4v) is 12.0. The Balaban J connectivity index is 0.000000190. The molecule has 0 fully saturated rings. The zero-order valence-corrected chi connectivity index (χ0v) is 50.1. The maximum Gasteiger partial charge on any atom is 0.233 e. The first-order chi connectivity index (χ1) is 35.9. The fourth-order valence-electron chi connectivity index (χ4n) is 12.0. The molecule has 2 atom stereocenters. The van der Waals surface area contributed by atoms with Gasteiger partial charge in [0.2, 0.25) is 16.5 Å². The lowest BCUT2D eigenvalue weighted by Gasteiger charge is -2.32. The standard InChI is InChI=1S/C29H30N4O.C17H14N3O2.C12H16N.C6H15N.HI/c1-28(2)20-11-7-9-13-22(20)32(5)24(28)15-18-26(31-17-30)19(27(18)34)16-25-29(3,4)21-12-8-10-14-23(21)33(25)6;1-17(2)11-6-4-5-7-12(11)20(3)13(17)8-10-14(19-9-18)16(22)15(10)21;1-9-12(2,3)10-7-5-6-8-11(10)13(9)4;1-4-7(5-2)6-3;/h7-16,18,31H,1-6H3;4-8H,1-3H3;5-8H,1-4H3;4-6H2,1-3H3;1H/q;-1;+1;;/p+1. The fraction of sp³-hybridized carbons (Fsp3) is 0.375. The van der Waals surface area contributed by atoms with Gasteiger partial charge < -0.3 is 49.1 Å². The Kier molecular flexibility index (Phi) is 17.8. The van der Waals surface area contributed by atoms with Gasteiger partial charge in [0, 0.05) is 94.7 Å². The Labute approximate surface area is 473 Å². The summed E-state index contributed by atoms with van der Waals surface area (Å²) in [4.78, 5) is 47.3. The number of benzene rings is 4. The lowest BCUT2D eigenvalue weighted by Crippen LogP contribution is -3.11. The van der Waals surface area contributed by atoms with Crippen LogP contribution in [0.4, 0.5) is 28.4 Å². The third kappa shape index (κ3) is 10.4. The van der Waals surface area contributed by atoms with Crippen LogP contribution in [0, 0.1) is 17.4 Å². The van der Waals surface area contributed by atoms with Gasteiger partial charge in [0.25, 0.3) is 0 Å². The van der Waals surface area contributed by atoms with Crippen molar-refractivity contribution in [3.63, 3.8) is 0 Å². The number of hydrogen-bond acceptors (Lipinski definition) is 8. The molecule has 3 N–H and O–H groups in total. The summed E-state index contributed by atoms with van der Waals surface area (Å²) < 4.78 is 2.29. The molecule has 0 spiro atoms. The monoisotopic (exact) mass is 1150 g/mol. The molecule has 0 aromatic heterocycles. The van der Waals surface area contributed by atoms with Gasteiger partial charge in [-0.15, -0.1) is 0 Å². The Morgan fingerprint density at radius 2 is 1.21 bits per heavy atom. The number of fused-ring (bicyclic) bond motifs is 4. The summed E-state index contributed by atoms with van der Waals surface area (Å²) in [5.41, 5.74) is 14.1. The van der Waals surface area contributed by atoms with Gasteiger partial charge in [-0.3, -0.25) is 24.6 Å². The Morgan fingerprint density at radius 3 is 1.70 bits per heavy atom. The summed E-state index contributed by atoms with van der Waals surface area (Å²) in [7, 11) is 8.23. The minimum absolute atomic E-state index is 0. The van der Waals surface area contributed by atoms with Crippen LogP contribution in [0.3, 0.4) is 0 Å². The van der Waals surface area contributed by atoms with Gasteiger partial charge in [-0.1, -0.05) is 100 Å². The molecule has 5 aromatic carbocycles. The SMILES string of the molecule is CC1=[N+](C)c2ccccc2C1(C)C.CC[NH+](CC)CC.CN1C(=CC2C(=O)C(C=C3[NH+](C)c4ccccc4C3(C)C)=C2NC#N)C(C)(C)c2ccccc21.CN1C(=Cc2c(N=C=[N-])c(=O)c2=O)C(C)(C)c2ccccc21.[I-]. The first kappa shape index (κ1) is 59.4. The highest BCUT2D eigenvalue weighted by Crippen LogP contribution is 2.50. The number of Topliss-reactive ketones (excluding diaryl/α,β-unsaturated/α-hetero) is 1. The molecule has 4 heterocycles. The van der Waals surface area contributed by atoms with Gasteiger partial charge in [-0.05, 0) is 89.9 Å². The number of rotatable bonds is 8. The van der Waals surface area contributed by atoms with Gasteiger partial charge in [-0.25, -0.2) is 4.58 Å². The summed E-state index contributed by atoms with van der Waals surface area (Å²) >= 11 is 0. The van der Waals surface area contributed by atoms with Crippen molar-refractivity contribution < 1.29 is 43.1 Å². The number of quaternary nitrogens is 2. The van der Waals surface area contributed by atoms with Crippen molar-refractivity contribution in [1.82, 2.24) is 5.32 Å². The molecule has 0 radical (unpaired) electrons. The molecule has 402 valence electrons. The molecular formula is C64H77IN9O3+. The van der Waals surface area contributed by atoms with Crippen LogP contribution in [0.15, 0.2) is 152 Å². The van der Waals surface area contributed by atoms with Crippen LogP contribution in [0.25, 0.3) is 11.5 Å². The van der Waals surface area contributed by atoms with Crippen molar-refractivity contribution in [3.8, 4) is 6.19 Å². The van der Waals surface area contributed by atoms with Gasteiger partial charge in [0.15, 0.2) is 17.7 Å². The lowest BCUT2D eigenvalue weighted by atomic mass is 9.75. The van der Waals surface area contributed by atoms with Crippen molar-refractivity contribution in [2.24, 2.45) is 10.9 Å². The number of para-hydroxylation sites is 4. The van der Waals surface area contributed by atoms with Gasteiger partial charge in [0.1, 0.15) is 18.4 Å². The lowest BCUT2D eigenvalue weighted by molar-refractivity contribution is -0.894. The number of nitrogens with one attached hydrogen (secondary N) is 3. The van der Waals surface area contributed by atoms with E-state index in [0.29, 0.717) is 11.3 Å². The van der Waals surface area contributed by atoms with E-state index in [2.05, 4.69) is 196 Å². The van der Waals surface area contributed by atoms with E-state index in [-0.39, 0.29) is 62.7 Å². The Bertz CT molecular complexity index is 3430. The quantitative estimate of drug-likeness (QED) is 0.0439. The molecule has 0 amide bonds. The van der Waals surface area contributed by atoms with E-state index >= 15 is 0 Å². The number of ketones is 1. The molecule has 4 aliphatic heterocycles. The number of carbonyl (C=O) groups is 1. The van der Waals surface area contributed by atoms with Gasteiger partial charge in [0.05, 0.1) is 49.1 Å². The average Bonchev–Trinajstić information content (AvgIpc) is 3.91. The summed E-state index contributed by atoms with van der Waals surface area (Å²) in [5, 5.41) is 20.9. The summed E-state index contributed by atoms with van der Waals surface area (Å²) in [6.45, 7) is 30.1. The Hall–Kier alpha value is -6.82. The van der Waals surface area contributed by atoms with E-state index in [4.69, 9.17) is 5.41 Å². The van der Waals surface area contributed by atoms with E-state index in [1.165, 1.54) is 58.3 Å². The van der Waals surface area contributed by atoms with E-state index in [9.17, 15) is 19.6 Å². The summed E-state index contributed by atoms with van der Waals surface area (Å²) in [6.07, 6.45) is 7.78. The van der Waals surface area contributed by atoms with Crippen molar-refractivity contribution >= 4 is 52.0 Å². The highest BCUT2D eigenvalue weighted by atomic mass is 127. The number of anilines is 2. The van der Waals surface area contributed by atoms with Crippen molar-refractivity contribution in [2.75, 3.05) is 57.6 Å². The van der Waals surface area contributed by atoms with Crippen molar-refractivity contribution in [2.45, 2.75) is 105 Å². The third-order valence-electron chi connectivity index (χ3n) is 17.1. The van der Waals surface area contributed by atoms with Gasteiger partial charge >= 0.3 is 0 Å². The highest BCUT2D eigenvalue weighted by Gasteiger charge is 2.48. The molecule has 13 heteroatoms. The molecule has 77 heavy (non-hydrogen) atoms. The smallest absolute Gasteiger partial charge is 0.233 e. The second kappa shape index (κ2) is 23.0.